The fraction of sp³-hybridized carbons (Fsp3) is 0.333. The van der Waals surface area contributed by atoms with Crippen LogP contribution in [0.25, 0.3) is 0 Å². The molecule has 2 aromatic carbocycles. The van der Waals surface area contributed by atoms with Crippen molar-refractivity contribution in [1.82, 2.24) is 16.0 Å². The first kappa shape index (κ1) is 26.5. The van der Waals surface area contributed by atoms with Crippen molar-refractivity contribution >= 4 is 23.7 Å². The minimum atomic E-state index is -1.21. The highest BCUT2D eigenvalue weighted by molar-refractivity contribution is 5.94. The molecule has 0 spiro atoms. The van der Waals surface area contributed by atoms with Gasteiger partial charge in [-0.05, 0) is 18.1 Å². The van der Waals surface area contributed by atoms with Gasteiger partial charge in [0.05, 0.1) is 6.61 Å². The Bertz CT molecular complexity index is 970. The zero-order valence-corrected chi connectivity index (χ0v) is 18.8. The third-order valence-electron chi connectivity index (χ3n) is 5.10. The molecule has 0 aliphatic heterocycles. The summed E-state index contributed by atoms with van der Waals surface area (Å²) in [5.74, 6) is -3.26. The van der Waals surface area contributed by atoms with Crippen molar-refractivity contribution in [3.63, 3.8) is 0 Å². The van der Waals surface area contributed by atoms with Crippen molar-refractivity contribution in [2.24, 2.45) is 5.73 Å². The lowest BCUT2D eigenvalue weighted by molar-refractivity contribution is -0.142. The molecule has 10 nitrogen and oxygen atoms in total. The summed E-state index contributed by atoms with van der Waals surface area (Å²) in [4.78, 5) is 49.3. The Kier molecular flexibility index (Phi) is 10.2. The molecular weight excluding hydrogens is 440 g/mol. The van der Waals surface area contributed by atoms with Crippen LogP contribution in [-0.4, -0.2) is 64.7 Å². The second-order valence-corrected chi connectivity index (χ2v) is 7.86. The van der Waals surface area contributed by atoms with Crippen LogP contribution in [0.4, 0.5) is 0 Å². The number of aliphatic hydroxyl groups is 1. The number of rotatable bonds is 12. The first-order chi connectivity index (χ1) is 16.2. The zero-order chi connectivity index (χ0) is 25.1. The quantitative estimate of drug-likeness (QED) is 0.239. The number of amides is 3. The van der Waals surface area contributed by atoms with Crippen molar-refractivity contribution in [3.8, 4) is 0 Å². The fourth-order valence-corrected chi connectivity index (χ4v) is 3.15. The van der Waals surface area contributed by atoms with E-state index in [9.17, 15) is 24.3 Å². The number of hydrogen-bond donors (Lipinski definition) is 6. The van der Waals surface area contributed by atoms with Crippen molar-refractivity contribution in [1.29, 1.82) is 0 Å². The van der Waals surface area contributed by atoms with Gasteiger partial charge in [0.15, 0.2) is 0 Å². The number of carbonyl (C=O) groups is 4. The average molecular weight is 471 g/mol. The van der Waals surface area contributed by atoms with Crippen LogP contribution in [0.5, 0.6) is 0 Å². The Hall–Kier alpha value is -3.76. The predicted octanol–water partition coefficient (Wildman–Crippen LogP) is -0.650. The van der Waals surface area contributed by atoms with Crippen molar-refractivity contribution in [2.75, 3.05) is 6.61 Å². The summed E-state index contributed by atoms with van der Waals surface area (Å²) in [5, 5.41) is 26.0. The van der Waals surface area contributed by atoms with Crippen molar-refractivity contribution in [2.45, 2.75) is 43.9 Å². The summed E-state index contributed by atoms with van der Waals surface area (Å²) >= 11 is 0. The second kappa shape index (κ2) is 13.1. The summed E-state index contributed by atoms with van der Waals surface area (Å²) < 4.78 is 0. The van der Waals surface area contributed by atoms with Crippen LogP contribution in [0.2, 0.25) is 0 Å². The van der Waals surface area contributed by atoms with E-state index in [-0.39, 0.29) is 12.8 Å². The van der Waals surface area contributed by atoms with E-state index in [4.69, 9.17) is 10.8 Å². The molecule has 0 saturated carbocycles. The largest absolute Gasteiger partial charge is 0.480 e. The van der Waals surface area contributed by atoms with Crippen molar-refractivity contribution < 1.29 is 29.4 Å². The average Bonchev–Trinajstić information content (AvgIpc) is 2.83. The molecule has 10 heteroatoms. The van der Waals surface area contributed by atoms with Crippen molar-refractivity contribution in [3.05, 3.63) is 71.8 Å². The number of aliphatic carboxylic acids is 1. The number of carboxylic acid groups (broad SMARTS) is 1. The molecule has 2 rings (SSSR count). The van der Waals surface area contributed by atoms with E-state index in [0.29, 0.717) is 0 Å². The Labute approximate surface area is 197 Å². The smallest absolute Gasteiger partial charge is 0.326 e. The van der Waals surface area contributed by atoms with E-state index in [0.717, 1.165) is 11.1 Å². The lowest BCUT2D eigenvalue weighted by Crippen LogP contribution is -2.57. The summed E-state index contributed by atoms with van der Waals surface area (Å²) in [6.07, 6.45) is 0.199. The molecular formula is C24H30N4O6. The van der Waals surface area contributed by atoms with Crippen LogP contribution >= 0.6 is 0 Å². The molecule has 0 radical (unpaired) electrons. The molecule has 0 bridgehead atoms. The Balaban J connectivity index is 2.05. The van der Waals surface area contributed by atoms with E-state index >= 15 is 0 Å². The SMILES string of the molecule is CC(NC(=O)C(Cc1ccccc1)NC(=O)C(N)CO)C(=O)NC(Cc1ccccc1)C(=O)O. The van der Waals surface area contributed by atoms with Gasteiger partial charge in [0.2, 0.25) is 17.7 Å². The molecule has 4 unspecified atom stereocenters. The number of carbonyl (C=O) groups excluding carboxylic acids is 3. The highest BCUT2D eigenvalue weighted by Crippen LogP contribution is 2.06. The van der Waals surface area contributed by atoms with Gasteiger partial charge < -0.3 is 31.9 Å². The number of nitrogens with two attached hydrogens (primary N) is 1. The Morgan fingerprint density at radius 2 is 1.24 bits per heavy atom. The van der Waals surface area contributed by atoms with Gasteiger partial charge in [0, 0.05) is 12.8 Å². The third kappa shape index (κ3) is 8.30. The van der Waals surface area contributed by atoms with Gasteiger partial charge in [-0.25, -0.2) is 4.79 Å². The molecule has 7 N–H and O–H groups in total. The fourth-order valence-electron chi connectivity index (χ4n) is 3.15. The molecule has 34 heavy (non-hydrogen) atoms. The van der Waals surface area contributed by atoms with Gasteiger partial charge in [0.1, 0.15) is 24.2 Å². The van der Waals surface area contributed by atoms with Crippen LogP contribution in [0, 0.1) is 0 Å². The molecule has 0 aromatic heterocycles. The van der Waals surface area contributed by atoms with Gasteiger partial charge in [-0.2, -0.15) is 0 Å². The summed E-state index contributed by atoms with van der Waals surface area (Å²) in [6, 6.07) is 13.2. The standard InChI is InChI=1S/C24H30N4O6/c1-15(21(30)28-20(24(33)34)13-17-10-6-3-7-11-17)26-23(32)19(27-22(31)18(25)14-29)12-16-8-4-2-5-9-16/h2-11,15,18-20,29H,12-14,25H2,1H3,(H,26,32)(H,27,31)(H,28,30)(H,33,34). The Morgan fingerprint density at radius 3 is 1.71 bits per heavy atom. The minimum absolute atomic E-state index is 0.0777. The van der Waals surface area contributed by atoms with Gasteiger partial charge in [-0.15, -0.1) is 0 Å². The number of benzene rings is 2. The van der Waals surface area contributed by atoms with Gasteiger partial charge in [0.25, 0.3) is 0 Å². The lowest BCUT2D eigenvalue weighted by atomic mass is 10.0. The predicted molar refractivity (Wildman–Crippen MR) is 124 cm³/mol. The van der Waals surface area contributed by atoms with Crippen LogP contribution in [0.3, 0.4) is 0 Å². The minimum Gasteiger partial charge on any atom is -0.480 e. The van der Waals surface area contributed by atoms with Gasteiger partial charge in [-0.1, -0.05) is 60.7 Å². The third-order valence-corrected chi connectivity index (χ3v) is 5.10. The van der Waals surface area contributed by atoms with Gasteiger partial charge in [-0.3, -0.25) is 14.4 Å². The first-order valence-corrected chi connectivity index (χ1v) is 10.8. The zero-order valence-electron chi connectivity index (χ0n) is 18.8. The maximum absolute atomic E-state index is 12.9. The van der Waals surface area contributed by atoms with E-state index in [2.05, 4.69) is 16.0 Å². The molecule has 2 aromatic rings. The topological polar surface area (TPSA) is 171 Å². The van der Waals surface area contributed by atoms with E-state index in [1.54, 1.807) is 60.7 Å². The number of nitrogens with one attached hydrogen (secondary N) is 3. The number of hydrogen-bond acceptors (Lipinski definition) is 6. The van der Waals surface area contributed by atoms with Crippen LogP contribution in [0.1, 0.15) is 18.1 Å². The molecule has 3 amide bonds. The normalized spacial score (nSPS) is 14.2. The summed E-state index contributed by atoms with van der Waals surface area (Å²) in [6.45, 7) is 0.817. The van der Waals surface area contributed by atoms with E-state index < -0.39 is 54.5 Å². The van der Waals surface area contributed by atoms with Crippen LogP contribution in [-0.2, 0) is 32.0 Å². The maximum Gasteiger partial charge on any atom is 0.326 e. The van der Waals surface area contributed by atoms with Crippen LogP contribution < -0.4 is 21.7 Å². The highest BCUT2D eigenvalue weighted by Gasteiger charge is 2.28. The van der Waals surface area contributed by atoms with E-state index in [1.165, 1.54) is 6.92 Å². The summed E-state index contributed by atoms with van der Waals surface area (Å²) in [5.41, 5.74) is 7.03. The molecule has 0 heterocycles. The van der Waals surface area contributed by atoms with Gasteiger partial charge >= 0.3 is 5.97 Å². The number of carboxylic acids is 1. The maximum atomic E-state index is 12.9. The van der Waals surface area contributed by atoms with E-state index in [1.807, 2.05) is 0 Å². The number of aliphatic hydroxyl groups excluding tert-OH is 1. The summed E-state index contributed by atoms with van der Waals surface area (Å²) in [7, 11) is 0. The molecule has 4 atom stereocenters. The first-order valence-electron chi connectivity index (χ1n) is 10.8. The second-order valence-electron chi connectivity index (χ2n) is 7.86. The molecule has 0 fully saturated rings. The monoisotopic (exact) mass is 470 g/mol. The molecule has 182 valence electrons. The lowest BCUT2D eigenvalue weighted by Gasteiger charge is -2.23. The molecule has 0 aliphatic carbocycles. The molecule has 0 aliphatic rings. The highest BCUT2D eigenvalue weighted by atomic mass is 16.4. The van der Waals surface area contributed by atoms with Crippen LogP contribution in [0.15, 0.2) is 60.7 Å². The Morgan fingerprint density at radius 1 is 0.765 bits per heavy atom. The molecule has 0 saturated heterocycles.